The summed E-state index contributed by atoms with van der Waals surface area (Å²) < 4.78 is 12.0. The van der Waals surface area contributed by atoms with Crippen LogP contribution in [0.15, 0.2) is 46.2 Å². The molecule has 92 valence electrons. The van der Waals surface area contributed by atoms with Gasteiger partial charge in [-0.3, -0.25) is 4.79 Å². The standard InChI is InChI=1S/C13H15ClO2S/c1-11(15)12(6-5-9-14)10-17(16)13-7-3-2-4-8-13/h2-4,7-8,10H,5-6,9H2,1H3. The summed E-state index contributed by atoms with van der Waals surface area (Å²) in [6.07, 6.45) is 1.30. The smallest absolute Gasteiger partial charge is 0.156 e. The lowest BCUT2D eigenvalue weighted by molar-refractivity contribution is -0.113. The van der Waals surface area contributed by atoms with Crippen LogP contribution in [0.3, 0.4) is 0 Å². The van der Waals surface area contributed by atoms with Crippen molar-refractivity contribution in [3.63, 3.8) is 0 Å². The van der Waals surface area contributed by atoms with Gasteiger partial charge in [-0.25, -0.2) is 4.21 Å². The monoisotopic (exact) mass is 270 g/mol. The first kappa shape index (κ1) is 14.1. The minimum Gasteiger partial charge on any atom is -0.295 e. The highest BCUT2D eigenvalue weighted by molar-refractivity contribution is 7.88. The maximum atomic E-state index is 12.0. The van der Waals surface area contributed by atoms with Gasteiger partial charge < -0.3 is 0 Å². The van der Waals surface area contributed by atoms with E-state index in [2.05, 4.69) is 0 Å². The molecule has 0 amide bonds. The van der Waals surface area contributed by atoms with E-state index in [1.807, 2.05) is 18.2 Å². The average molecular weight is 271 g/mol. The number of Topliss-reactive ketones (excluding diaryl/α,β-unsaturated/α-hetero) is 1. The second kappa shape index (κ2) is 7.41. The Morgan fingerprint density at radius 3 is 2.53 bits per heavy atom. The largest absolute Gasteiger partial charge is 0.295 e. The van der Waals surface area contributed by atoms with Crippen LogP contribution in [0.4, 0.5) is 0 Å². The molecule has 0 aliphatic rings. The quantitative estimate of drug-likeness (QED) is 0.587. The lowest BCUT2D eigenvalue weighted by atomic mass is 10.1. The van der Waals surface area contributed by atoms with Crippen LogP contribution in [0, 0.1) is 0 Å². The Morgan fingerprint density at radius 2 is 2.00 bits per heavy atom. The number of ketones is 1. The summed E-state index contributed by atoms with van der Waals surface area (Å²) in [6, 6.07) is 9.09. The molecule has 17 heavy (non-hydrogen) atoms. The van der Waals surface area contributed by atoms with E-state index in [0.717, 1.165) is 6.42 Å². The molecule has 0 radical (unpaired) electrons. The van der Waals surface area contributed by atoms with Gasteiger partial charge in [0.05, 0.1) is 10.8 Å². The third-order valence-electron chi connectivity index (χ3n) is 2.26. The number of carbonyl (C=O) groups is 1. The van der Waals surface area contributed by atoms with Crippen LogP contribution in [-0.4, -0.2) is 15.9 Å². The number of rotatable bonds is 6. The van der Waals surface area contributed by atoms with Gasteiger partial charge in [0.2, 0.25) is 0 Å². The van der Waals surface area contributed by atoms with E-state index >= 15 is 0 Å². The van der Waals surface area contributed by atoms with Crippen molar-refractivity contribution >= 4 is 28.2 Å². The predicted molar refractivity (Wildman–Crippen MR) is 71.6 cm³/mol. The summed E-state index contributed by atoms with van der Waals surface area (Å²) >= 11 is 5.59. The molecule has 0 fully saturated rings. The van der Waals surface area contributed by atoms with Crippen LogP contribution in [0.25, 0.3) is 0 Å². The van der Waals surface area contributed by atoms with E-state index in [9.17, 15) is 9.00 Å². The normalized spacial score (nSPS) is 13.4. The molecule has 0 heterocycles. The first-order valence-corrected chi connectivity index (χ1v) is 7.13. The summed E-state index contributed by atoms with van der Waals surface area (Å²) in [5, 5.41) is 1.53. The van der Waals surface area contributed by atoms with E-state index in [0.29, 0.717) is 22.8 Å². The molecule has 2 nitrogen and oxygen atoms in total. The Labute approximate surface area is 109 Å². The minimum atomic E-state index is -1.26. The molecule has 4 heteroatoms. The third-order valence-corrected chi connectivity index (χ3v) is 3.76. The van der Waals surface area contributed by atoms with Gasteiger partial charge in [0, 0.05) is 21.8 Å². The number of halogens is 1. The van der Waals surface area contributed by atoms with E-state index in [4.69, 9.17) is 11.6 Å². The van der Waals surface area contributed by atoms with E-state index in [1.165, 1.54) is 12.3 Å². The van der Waals surface area contributed by atoms with Gasteiger partial charge in [-0.15, -0.1) is 11.6 Å². The van der Waals surface area contributed by atoms with Crippen LogP contribution in [0.1, 0.15) is 19.8 Å². The molecule has 1 rings (SSSR count). The highest BCUT2D eigenvalue weighted by Gasteiger charge is 2.07. The predicted octanol–water partition coefficient (Wildman–Crippen LogP) is 3.29. The highest BCUT2D eigenvalue weighted by atomic mass is 35.5. The zero-order chi connectivity index (χ0) is 12.7. The Hall–Kier alpha value is -0.930. The molecular weight excluding hydrogens is 256 g/mol. The minimum absolute atomic E-state index is 0.0422. The second-order valence-corrected chi connectivity index (χ2v) is 5.28. The van der Waals surface area contributed by atoms with Gasteiger partial charge in [0.1, 0.15) is 0 Å². The molecule has 0 aliphatic carbocycles. The maximum absolute atomic E-state index is 12.0. The van der Waals surface area contributed by atoms with Crippen molar-refractivity contribution in [2.24, 2.45) is 0 Å². The van der Waals surface area contributed by atoms with Crippen molar-refractivity contribution in [3.8, 4) is 0 Å². The summed E-state index contributed by atoms with van der Waals surface area (Å²) in [5.74, 6) is 0.460. The topological polar surface area (TPSA) is 34.1 Å². The van der Waals surface area contributed by atoms with Gasteiger partial charge in [0.25, 0.3) is 0 Å². The SMILES string of the molecule is CC(=O)C(=CS(=O)c1ccccc1)CCCCl. The average Bonchev–Trinajstić information content (AvgIpc) is 2.35. The number of hydrogen-bond acceptors (Lipinski definition) is 2. The number of hydrogen-bond donors (Lipinski definition) is 0. The Morgan fingerprint density at radius 1 is 1.35 bits per heavy atom. The molecule has 0 saturated heterocycles. The zero-order valence-electron chi connectivity index (χ0n) is 9.69. The van der Waals surface area contributed by atoms with Crippen LogP contribution in [0.5, 0.6) is 0 Å². The first-order valence-electron chi connectivity index (χ1n) is 5.38. The van der Waals surface area contributed by atoms with Gasteiger partial charge in [-0.2, -0.15) is 0 Å². The van der Waals surface area contributed by atoms with Gasteiger partial charge in [-0.05, 0) is 31.9 Å². The van der Waals surface area contributed by atoms with Crippen molar-refractivity contribution in [3.05, 3.63) is 41.3 Å². The van der Waals surface area contributed by atoms with Gasteiger partial charge in [0.15, 0.2) is 5.78 Å². The van der Waals surface area contributed by atoms with Crippen molar-refractivity contribution < 1.29 is 9.00 Å². The number of alkyl halides is 1. The first-order chi connectivity index (χ1) is 8.15. The Balaban J connectivity index is 2.83. The van der Waals surface area contributed by atoms with E-state index < -0.39 is 10.8 Å². The van der Waals surface area contributed by atoms with Crippen molar-refractivity contribution in [1.29, 1.82) is 0 Å². The second-order valence-electron chi connectivity index (χ2n) is 3.60. The molecule has 1 atom stereocenters. The van der Waals surface area contributed by atoms with Crippen LogP contribution in [-0.2, 0) is 15.6 Å². The molecule has 0 spiro atoms. The molecular formula is C13H15ClO2S. The maximum Gasteiger partial charge on any atom is 0.156 e. The molecule has 1 unspecified atom stereocenters. The fourth-order valence-corrected chi connectivity index (χ4v) is 2.56. The molecule has 1 aromatic carbocycles. The molecule has 0 saturated carbocycles. The number of carbonyl (C=O) groups excluding carboxylic acids is 1. The van der Waals surface area contributed by atoms with Crippen molar-refractivity contribution in [1.82, 2.24) is 0 Å². The Kier molecular flexibility index (Phi) is 6.16. The zero-order valence-corrected chi connectivity index (χ0v) is 11.3. The lowest BCUT2D eigenvalue weighted by Gasteiger charge is -2.02. The molecule has 0 aliphatic heterocycles. The van der Waals surface area contributed by atoms with Crippen molar-refractivity contribution in [2.75, 3.05) is 5.88 Å². The van der Waals surface area contributed by atoms with E-state index in [-0.39, 0.29) is 5.78 Å². The van der Waals surface area contributed by atoms with E-state index in [1.54, 1.807) is 12.1 Å². The van der Waals surface area contributed by atoms with Crippen LogP contribution >= 0.6 is 11.6 Å². The third kappa shape index (κ3) is 4.84. The molecule has 0 bridgehead atoms. The number of benzene rings is 1. The summed E-state index contributed by atoms with van der Waals surface area (Å²) in [4.78, 5) is 12.1. The summed E-state index contributed by atoms with van der Waals surface area (Å²) in [6.45, 7) is 1.49. The molecule has 0 N–H and O–H groups in total. The summed E-state index contributed by atoms with van der Waals surface area (Å²) in [5.41, 5.74) is 0.591. The lowest BCUT2D eigenvalue weighted by Crippen LogP contribution is -2.00. The highest BCUT2D eigenvalue weighted by Crippen LogP contribution is 2.13. The molecule has 0 aromatic heterocycles. The Bertz CT molecular complexity index is 426. The fraction of sp³-hybridized carbons (Fsp3) is 0.308. The fourth-order valence-electron chi connectivity index (χ4n) is 1.33. The molecule has 1 aromatic rings. The number of allylic oxidation sites excluding steroid dienone is 1. The summed E-state index contributed by atoms with van der Waals surface area (Å²) in [7, 11) is -1.26. The van der Waals surface area contributed by atoms with Gasteiger partial charge in [-0.1, -0.05) is 18.2 Å². The van der Waals surface area contributed by atoms with Crippen LogP contribution in [0.2, 0.25) is 0 Å². The van der Waals surface area contributed by atoms with Crippen molar-refractivity contribution in [2.45, 2.75) is 24.7 Å². The van der Waals surface area contributed by atoms with Crippen LogP contribution < -0.4 is 0 Å². The van der Waals surface area contributed by atoms with Gasteiger partial charge >= 0.3 is 0 Å².